The summed E-state index contributed by atoms with van der Waals surface area (Å²) < 4.78 is 26.6. The van der Waals surface area contributed by atoms with Gasteiger partial charge in [-0.25, -0.2) is 8.42 Å². The van der Waals surface area contributed by atoms with Crippen LogP contribution < -0.4 is 4.72 Å². The molecule has 0 fully saturated rings. The van der Waals surface area contributed by atoms with Crippen LogP contribution in [0.5, 0.6) is 0 Å². The molecule has 22 heavy (non-hydrogen) atoms. The Balaban J connectivity index is 2.20. The highest BCUT2D eigenvalue weighted by atomic mass is 32.2. The molecule has 2 rings (SSSR count). The van der Waals surface area contributed by atoms with Gasteiger partial charge in [0.1, 0.15) is 4.90 Å². The van der Waals surface area contributed by atoms with Crippen molar-refractivity contribution in [1.29, 1.82) is 5.26 Å². The first-order chi connectivity index (χ1) is 10.4. The Hall–Kier alpha value is -2.99. The van der Waals surface area contributed by atoms with E-state index in [1.54, 1.807) is 12.1 Å². The zero-order valence-corrected chi connectivity index (χ0v) is 11.9. The predicted octanol–water partition coefficient (Wildman–Crippen LogP) is 1.86. The molecule has 1 aromatic carbocycles. The number of nitrogens with zero attached hydrogens (tertiary/aromatic N) is 3. The molecule has 0 radical (unpaired) electrons. The van der Waals surface area contributed by atoms with E-state index in [0.717, 1.165) is 23.9 Å². The Bertz CT molecular complexity index is 824. The smallest absolute Gasteiger partial charge is 0.358 e. The summed E-state index contributed by atoms with van der Waals surface area (Å²) in [5, 5.41) is 19.1. The monoisotopic (exact) mass is 318 g/mol. The van der Waals surface area contributed by atoms with Crippen LogP contribution in [0.3, 0.4) is 0 Å². The molecule has 0 saturated carbocycles. The average Bonchev–Trinajstić information content (AvgIpc) is 2.49. The van der Waals surface area contributed by atoms with Crippen molar-refractivity contribution in [2.45, 2.75) is 11.3 Å². The van der Waals surface area contributed by atoms with Gasteiger partial charge in [-0.15, -0.1) is 0 Å². The van der Waals surface area contributed by atoms with Gasteiger partial charge in [0.05, 0.1) is 12.5 Å². The van der Waals surface area contributed by atoms with Crippen LogP contribution >= 0.6 is 0 Å². The molecule has 112 valence electrons. The van der Waals surface area contributed by atoms with Crippen molar-refractivity contribution in [2.75, 3.05) is 4.72 Å². The third-order valence-corrected chi connectivity index (χ3v) is 4.07. The summed E-state index contributed by atoms with van der Waals surface area (Å²) in [5.41, 5.74) is 1.09. The van der Waals surface area contributed by atoms with Crippen LogP contribution in [0, 0.1) is 21.4 Å². The lowest BCUT2D eigenvalue weighted by Gasteiger charge is -2.07. The minimum Gasteiger partial charge on any atom is -0.358 e. The van der Waals surface area contributed by atoms with Crippen molar-refractivity contribution in [3.05, 3.63) is 58.3 Å². The van der Waals surface area contributed by atoms with E-state index in [9.17, 15) is 18.5 Å². The van der Waals surface area contributed by atoms with Crippen LogP contribution in [0.1, 0.15) is 5.56 Å². The molecule has 0 aliphatic rings. The number of rotatable bonds is 5. The van der Waals surface area contributed by atoms with Crippen LogP contribution in [0.2, 0.25) is 0 Å². The number of sulfonamides is 1. The molecule has 0 spiro atoms. The molecule has 9 heteroatoms. The Morgan fingerprint density at radius 2 is 1.91 bits per heavy atom. The fraction of sp³-hybridized carbons (Fsp3) is 0.0769. The molecular weight excluding hydrogens is 308 g/mol. The van der Waals surface area contributed by atoms with Crippen molar-refractivity contribution in [3.63, 3.8) is 0 Å². The van der Waals surface area contributed by atoms with E-state index in [0.29, 0.717) is 5.69 Å². The SMILES string of the molecule is N#CCc1ccc(NS(=O)(=O)c2ccc([N+](=O)[O-])nc2)cc1. The lowest BCUT2D eigenvalue weighted by atomic mass is 10.1. The number of hydrogen-bond acceptors (Lipinski definition) is 6. The van der Waals surface area contributed by atoms with Gasteiger partial charge >= 0.3 is 5.82 Å². The number of anilines is 1. The average molecular weight is 318 g/mol. The summed E-state index contributed by atoms with van der Waals surface area (Å²) in [6, 6.07) is 10.4. The third-order valence-electron chi connectivity index (χ3n) is 2.71. The lowest BCUT2D eigenvalue weighted by molar-refractivity contribution is -0.389. The first kappa shape index (κ1) is 15.4. The minimum atomic E-state index is -3.88. The number of aromatic nitrogens is 1. The van der Waals surface area contributed by atoms with E-state index >= 15 is 0 Å². The minimum absolute atomic E-state index is 0.181. The van der Waals surface area contributed by atoms with Crippen molar-refractivity contribution >= 4 is 21.5 Å². The standard InChI is InChI=1S/C13H10N4O4S/c14-8-7-10-1-3-11(4-2-10)16-22(20,21)12-5-6-13(15-9-12)17(18)19/h1-6,9,16H,7H2. The maximum atomic E-state index is 12.1. The number of hydrogen-bond donors (Lipinski definition) is 1. The molecule has 0 unspecified atom stereocenters. The summed E-state index contributed by atoms with van der Waals surface area (Å²) in [5.74, 6) is -0.431. The van der Waals surface area contributed by atoms with Crippen LogP contribution in [0.4, 0.5) is 11.5 Å². The summed E-state index contributed by atoms with van der Waals surface area (Å²) in [7, 11) is -3.88. The highest BCUT2D eigenvalue weighted by Crippen LogP contribution is 2.17. The Labute approximate surface area is 126 Å². The molecule has 1 aromatic heterocycles. The molecule has 0 aliphatic heterocycles. The largest absolute Gasteiger partial charge is 0.363 e. The van der Waals surface area contributed by atoms with E-state index in [2.05, 4.69) is 9.71 Å². The maximum Gasteiger partial charge on any atom is 0.363 e. The molecule has 0 amide bonds. The van der Waals surface area contributed by atoms with Crippen molar-refractivity contribution < 1.29 is 13.3 Å². The summed E-state index contributed by atoms with van der Waals surface area (Å²) >= 11 is 0. The third kappa shape index (κ3) is 3.56. The van der Waals surface area contributed by atoms with E-state index in [1.807, 2.05) is 6.07 Å². The Kier molecular flexibility index (Phi) is 4.33. The van der Waals surface area contributed by atoms with Crippen molar-refractivity contribution in [1.82, 2.24) is 4.98 Å². The molecule has 0 atom stereocenters. The van der Waals surface area contributed by atoms with Crippen molar-refractivity contribution in [2.24, 2.45) is 0 Å². The molecule has 0 aliphatic carbocycles. The lowest BCUT2D eigenvalue weighted by Crippen LogP contribution is -2.13. The second-order valence-corrected chi connectivity index (χ2v) is 5.93. The number of nitrogens with one attached hydrogen (secondary N) is 1. The van der Waals surface area contributed by atoms with Gasteiger partial charge in [-0.05, 0) is 33.7 Å². The van der Waals surface area contributed by atoms with Crippen LogP contribution in [-0.2, 0) is 16.4 Å². The van der Waals surface area contributed by atoms with Crippen LogP contribution in [0.25, 0.3) is 0 Å². The summed E-state index contributed by atoms with van der Waals surface area (Å²) in [6.07, 6.45) is 1.16. The highest BCUT2D eigenvalue weighted by Gasteiger charge is 2.18. The van der Waals surface area contributed by atoms with E-state index in [-0.39, 0.29) is 11.3 Å². The maximum absolute atomic E-state index is 12.1. The van der Waals surface area contributed by atoms with Gasteiger partial charge in [0.2, 0.25) is 0 Å². The number of benzene rings is 1. The van der Waals surface area contributed by atoms with Gasteiger partial charge in [-0.2, -0.15) is 5.26 Å². The number of nitriles is 1. The fourth-order valence-electron chi connectivity index (χ4n) is 1.64. The molecule has 1 N–H and O–H groups in total. The molecule has 2 aromatic rings. The van der Waals surface area contributed by atoms with Crippen molar-refractivity contribution in [3.8, 4) is 6.07 Å². The zero-order valence-electron chi connectivity index (χ0n) is 11.1. The Morgan fingerprint density at radius 3 is 2.41 bits per heavy atom. The number of pyridine rings is 1. The Morgan fingerprint density at radius 1 is 1.23 bits per heavy atom. The van der Waals surface area contributed by atoms with Gasteiger partial charge < -0.3 is 10.1 Å². The predicted molar refractivity (Wildman–Crippen MR) is 77.5 cm³/mol. The molecule has 0 saturated heterocycles. The van der Waals surface area contributed by atoms with Gasteiger partial charge in [-0.1, -0.05) is 12.1 Å². The molecule has 8 nitrogen and oxygen atoms in total. The molecular formula is C13H10N4O4S. The van der Waals surface area contributed by atoms with E-state index in [4.69, 9.17) is 5.26 Å². The first-order valence-corrected chi connectivity index (χ1v) is 7.50. The highest BCUT2D eigenvalue weighted by molar-refractivity contribution is 7.92. The van der Waals surface area contributed by atoms with E-state index in [1.165, 1.54) is 12.1 Å². The van der Waals surface area contributed by atoms with Gasteiger partial charge in [0.25, 0.3) is 10.0 Å². The van der Waals surface area contributed by atoms with E-state index < -0.39 is 20.8 Å². The fourth-order valence-corrected chi connectivity index (χ4v) is 2.64. The molecule has 0 bridgehead atoms. The van der Waals surface area contributed by atoms with Crippen LogP contribution in [0.15, 0.2) is 47.5 Å². The van der Waals surface area contributed by atoms with Gasteiger partial charge in [0, 0.05) is 11.8 Å². The topological polar surface area (TPSA) is 126 Å². The molecule has 1 heterocycles. The summed E-state index contributed by atoms with van der Waals surface area (Å²) in [4.78, 5) is 13.1. The van der Waals surface area contributed by atoms with Gasteiger partial charge in [0.15, 0.2) is 6.20 Å². The zero-order chi connectivity index (χ0) is 16.2. The quantitative estimate of drug-likeness (QED) is 0.662. The summed E-state index contributed by atoms with van der Waals surface area (Å²) in [6.45, 7) is 0. The second kappa shape index (κ2) is 6.19. The first-order valence-electron chi connectivity index (χ1n) is 6.01. The normalized spacial score (nSPS) is 10.7. The van der Waals surface area contributed by atoms with Crippen LogP contribution in [-0.4, -0.2) is 18.3 Å². The van der Waals surface area contributed by atoms with Gasteiger partial charge in [-0.3, -0.25) is 4.72 Å². The second-order valence-electron chi connectivity index (χ2n) is 4.25. The number of nitro groups is 1.